The van der Waals surface area contributed by atoms with Crippen LogP contribution in [0.25, 0.3) is 0 Å². The van der Waals surface area contributed by atoms with Gasteiger partial charge >= 0.3 is 5.97 Å². The molecule has 0 saturated carbocycles. The summed E-state index contributed by atoms with van der Waals surface area (Å²) in [5.41, 5.74) is 0.428. The van der Waals surface area contributed by atoms with Crippen LogP contribution in [0.2, 0.25) is 0 Å². The number of halogens is 1. The maximum absolute atomic E-state index is 13.6. The van der Waals surface area contributed by atoms with E-state index in [1.807, 2.05) is 6.07 Å². The van der Waals surface area contributed by atoms with Crippen LogP contribution < -0.4 is 5.32 Å². The second kappa shape index (κ2) is 5.14. The van der Waals surface area contributed by atoms with Crippen LogP contribution in [-0.2, 0) is 0 Å². The van der Waals surface area contributed by atoms with Gasteiger partial charge in [0, 0.05) is 6.20 Å². The average Bonchev–Trinajstić information content (AvgIpc) is 2.41. The second-order valence-corrected chi connectivity index (χ2v) is 3.67. The van der Waals surface area contributed by atoms with E-state index in [0.717, 1.165) is 6.07 Å². The number of hydrogen-bond donors (Lipinski definition) is 2. The summed E-state index contributed by atoms with van der Waals surface area (Å²) in [5, 5.41) is 20.0. The van der Waals surface area contributed by atoms with E-state index in [4.69, 9.17) is 10.4 Å². The van der Waals surface area contributed by atoms with Crippen molar-refractivity contribution < 1.29 is 14.3 Å². The van der Waals surface area contributed by atoms with Crippen molar-refractivity contribution in [1.82, 2.24) is 4.98 Å². The second-order valence-electron chi connectivity index (χ2n) is 3.67. The Hall–Kier alpha value is -2.94. The number of benzene rings is 1. The molecule has 0 aliphatic carbocycles. The van der Waals surface area contributed by atoms with Crippen molar-refractivity contribution in [2.75, 3.05) is 5.32 Å². The minimum absolute atomic E-state index is 0.0471. The number of nitrogens with one attached hydrogen (secondary N) is 1. The summed E-state index contributed by atoms with van der Waals surface area (Å²) in [6.07, 6.45) is 1.17. The van der Waals surface area contributed by atoms with Crippen LogP contribution in [0.15, 0.2) is 36.5 Å². The van der Waals surface area contributed by atoms with Gasteiger partial charge in [-0.15, -0.1) is 0 Å². The molecule has 2 rings (SSSR count). The van der Waals surface area contributed by atoms with Crippen molar-refractivity contribution in [3.8, 4) is 6.07 Å². The lowest BCUT2D eigenvalue weighted by Gasteiger charge is -2.06. The van der Waals surface area contributed by atoms with E-state index in [0.29, 0.717) is 5.82 Å². The van der Waals surface area contributed by atoms with Crippen molar-refractivity contribution in [3.63, 3.8) is 0 Å². The molecule has 0 radical (unpaired) electrons. The van der Waals surface area contributed by atoms with Gasteiger partial charge in [0.25, 0.3) is 0 Å². The molecule has 1 aromatic heterocycles. The van der Waals surface area contributed by atoms with Gasteiger partial charge < -0.3 is 10.4 Å². The first-order chi connectivity index (χ1) is 9.10. The summed E-state index contributed by atoms with van der Waals surface area (Å²) in [5.74, 6) is -1.35. The number of carbonyl (C=O) groups is 1. The highest BCUT2D eigenvalue weighted by Crippen LogP contribution is 2.19. The third kappa shape index (κ3) is 2.84. The van der Waals surface area contributed by atoms with Crippen molar-refractivity contribution >= 4 is 17.5 Å². The fourth-order valence-corrected chi connectivity index (χ4v) is 1.42. The summed E-state index contributed by atoms with van der Waals surface area (Å²) >= 11 is 0. The molecule has 5 nitrogen and oxygen atoms in total. The quantitative estimate of drug-likeness (QED) is 0.882. The molecule has 0 spiro atoms. The molecule has 1 aromatic carbocycles. The SMILES string of the molecule is N#Cc1ccc(Nc2ccc(C(=O)O)cn2)c(F)c1. The van der Waals surface area contributed by atoms with Gasteiger partial charge in [-0.25, -0.2) is 14.2 Å². The first-order valence-corrected chi connectivity index (χ1v) is 5.26. The third-order valence-electron chi connectivity index (χ3n) is 2.37. The van der Waals surface area contributed by atoms with Crippen LogP contribution in [0.3, 0.4) is 0 Å². The Kier molecular flexibility index (Phi) is 3.39. The summed E-state index contributed by atoms with van der Waals surface area (Å²) in [6.45, 7) is 0. The molecule has 0 atom stereocenters. The lowest BCUT2D eigenvalue weighted by molar-refractivity contribution is 0.0696. The zero-order valence-corrected chi connectivity index (χ0v) is 9.59. The molecule has 0 bridgehead atoms. The molecule has 0 saturated heterocycles. The number of aromatic nitrogens is 1. The van der Waals surface area contributed by atoms with Gasteiger partial charge in [0.15, 0.2) is 0 Å². The molecular formula is C13H8FN3O2. The van der Waals surface area contributed by atoms with Crippen molar-refractivity contribution in [2.24, 2.45) is 0 Å². The number of pyridine rings is 1. The van der Waals surface area contributed by atoms with Gasteiger partial charge in [-0.1, -0.05) is 0 Å². The molecule has 6 heteroatoms. The molecule has 0 aliphatic rings. The maximum Gasteiger partial charge on any atom is 0.337 e. The Bertz CT molecular complexity index is 663. The van der Waals surface area contributed by atoms with Gasteiger partial charge in [0.05, 0.1) is 22.9 Å². The van der Waals surface area contributed by atoms with Crippen LogP contribution in [0.5, 0.6) is 0 Å². The van der Waals surface area contributed by atoms with E-state index in [-0.39, 0.29) is 16.8 Å². The number of aromatic carboxylic acids is 1. The maximum atomic E-state index is 13.6. The molecule has 2 N–H and O–H groups in total. The van der Waals surface area contributed by atoms with Crippen LogP contribution in [-0.4, -0.2) is 16.1 Å². The van der Waals surface area contributed by atoms with E-state index in [9.17, 15) is 9.18 Å². The van der Waals surface area contributed by atoms with E-state index < -0.39 is 11.8 Å². The van der Waals surface area contributed by atoms with E-state index in [2.05, 4.69) is 10.3 Å². The number of hydrogen-bond acceptors (Lipinski definition) is 4. The van der Waals surface area contributed by atoms with E-state index in [1.165, 1.54) is 30.5 Å². The van der Waals surface area contributed by atoms with Gasteiger partial charge in [0.2, 0.25) is 0 Å². The Balaban J connectivity index is 2.22. The fourth-order valence-electron chi connectivity index (χ4n) is 1.42. The molecule has 0 unspecified atom stereocenters. The van der Waals surface area contributed by atoms with Crippen LogP contribution in [0.4, 0.5) is 15.9 Å². The Morgan fingerprint density at radius 2 is 2.16 bits per heavy atom. The normalized spacial score (nSPS) is 9.68. The minimum atomic E-state index is -1.08. The van der Waals surface area contributed by atoms with E-state index >= 15 is 0 Å². The number of rotatable bonds is 3. The number of nitrogens with zero attached hydrogens (tertiary/aromatic N) is 2. The highest BCUT2D eigenvalue weighted by Gasteiger charge is 2.06. The van der Waals surface area contributed by atoms with Gasteiger partial charge in [-0.3, -0.25) is 0 Å². The summed E-state index contributed by atoms with van der Waals surface area (Å²) < 4.78 is 13.6. The number of nitriles is 1. The van der Waals surface area contributed by atoms with Gasteiger partial charge in [-0.05, 0) is 30.3 Å². The molecule has 2 aromatic rings. The van der Waals surface area contributed by atoms with Crippen molar-refractivity contribution in [3.05, 3.63) is 53.5 Å². The summed E-state index contributed by atoms with van der Waals surface area (Å²) in [7, 11) is 0. The predicted octanol–water partition coefficient (Wildman–Crippen LogP) is 2.53. The monoisotopic (exact) mass is 257 g/mol. The molecular weight excluding hydrogens is 249 g/mol. The van der Waals surface area contributed by atoms with E-state index in [1.54, 1.807) is 0 Å². The molecule has 0 aliphatic heterocycles. The summed E-state index contributed by atoms with van der Waals surface area (Å²) in [4.78, 5) is 14.5. The zero-order valence-electron chi connectivity index (χ0n) is 9.59. The smallest absolute Gasteiger partial charge is 0.337 e. The Morgan fingerprint density at radius 1 is 1.37 bits per heavy atom. The first kappa shape index (κ1) is 12.5. The highest BCUT2D eigenvalue weighted by molar-refractivity contribution is 5.87. The van der Waals surface area contributed by atoms with Crippen LogP contribution in [0.1, 0.15) is 15.9 Å². The fraction of sp³-hybridized carbons (Fsp3) is 0. The Morgan fingerprint density at radius 3 is 2.68 bits per heavy atom. The van der Waals surface area contributed by atoms with Gasteiger partial charge in [0.1, 0.15) is 11.6 Å². The van der Waals surface area contributed by atoms with Crippen LogP contribution in [0, 0.1) is 17.1 Å². The van der Waals surface area contributed by atoms with Crippen molar-refractivity contribution in [2.45, 2.75) is 0 Å². The number of carboxylic acids is 1. The highest BCUT2D eigenvalue weighted by atomic mass is 19.1. The summed E-state index contributed by atoms with van der Waals surface area (Å²) in [6, 6.07) is 8.61. The predicted molar refractivity (Wildman–Crippen MR) is 65.6 cm³/mol. The van der Waals surface area contributed by atoms with Gasteiger partial charge in [-0.2, -0.15) is 5.26 Å². The van der Waals surface area contributed by atoms with Crippen LogP contribution >= 0.6 is 0 Å². The zero-order chi connectivity index (χ0) is 13.8. The molecule has 0 amide bonds. The first-order valence-electron chi connectivity index (χ1n) is 5.26. The lowest BCUT2D eigenvalue weighted by Crippen LogP contribution is -2.00. The lowest BCUT2D eigenvalue weighted by atomic mass is 10.2. The standard InChI is InChI=1S/C13H8FN3O2/c14-10-5-8(6-15)1-3-11(10)17-12-4-2-9(7-16-12)13(18)19/h1-5,7H,(H,16,17)(H,18,19). The molecule has 19 heavy (non-hydrogen) atoms. The molecule has 94 valence electrons. The molecule has 1 heterocycles. The molecule has 0 fully saturated rings. The minimum Gasteiger partial charge on any atom is -0.478 e. The Labute approximate surface area is 108 Å². The number of carboxylic acid groups (broad SMARTS) is 1. The third-order valence-corrected chi connectivity index (χ3v) is 2.37. The van der Waals surface area contributed by atoms with Crippen molar-refractivity contribution in [1.29, 1.82) is 5.26 Å². The number of anilines is 2. The topological polar surface area (TPSA) is 86.0 Å². The largest absolute Gasteiger partial charge is 0.478 e. The average molecular weight is 257 g/mol.